The van der Waals surface area contributed by atoms with E-state index in [9.17, 15) is 18.7 Å². The zero-order chi connectivity index (χ0) is 21.3. The topological polar surface area (TPSA) is 67.8 Å². The minimum Gasteiger partial charge on any atom is -0.494 e. The Labute approximate surface area is 175 Å². The molecule has 0 radical (unpaired) electrons. The van der Waals surface area contributed by atoms with Gasteiger partial charge in [0, 0.05) is 4.90 Å². The second kappa shape index (κ2) is 8.33. The fourth-order valence-corrected chi connectivity index (χ4v) is 4.30. The first kappa shape index (κ1) is 20.2. The Bertz CT molecular complexity index is 1090. The first-order chi connectivity index (χ1) is 14.4. The predicted molar refractivity (Wildman–Crippen MR) is 109 cm³/mol. The fourth-order valence-electron chi connectivity index (χ4n) is 3.06. The van der Waals surface area contributed by atoms with Gasteiger partial charge < -0.3 is 19.9 Å². The van der Waals surface area contributed by atoms with Gasteiger partial charge in [0.05, 0.1) is 18.0 Å². The maximum absolute atomic E-state index is 14.2. The van der Waals surface area contributed by atoms with Gasteiger partial charge in [-0.3, -0.25) is 4.79 Å². The first-order valence-electron chi connectivity index (χ1n) is 9.01. The number of carbonyl (C=O) groups excluding carboxylic acids is 1. The highest BCUT2D eigenvalue weighted by Gasteiger charge is 2.33. The Kier molecular flexibility index (Phi) is 5.61. The van der Waals surface area contributed by atoms with E-state index in [1.807, 2.05) is 0 Å². The van der Waals surface area contributed by atoms with E-state index >= 15 is 0 Å². The van der Waals surface area contributed by atoms with Crippen molar-refractivity contribution in [2.75, 3.05) is 12.4 Å². The molecule has 2 unspecified atom stereocenters. The molecule has 1 heterocycles. The molecule has 0 spiro atoms. The highest BCUT2D eigenvalue weighted by atomic mass is 32.2. The smallest absolute Gasteiger partial charge is 0.254 e. The fraction of sp³-hybridized carbons (Fsp3) is 0.136. The number of amides is 1. The summed E-state index contributed by atoms with van der Waals surface area (Å²) >= 11 is 1.21. The second-order valence-electron chi connectivity index (χ2n) is 6.58. The van der Waals surface area contributed by atoms with Crippen LogP contribution in [0.3, 0.4) is 0 Å². The summed E-state index contributed by atoms with van der Waals surface area (Å²) in [6.45, 7) is 0. The van der Waals surface area contributed by atoms with Crippen LogP contribution in [0.2, 0.25) is 0 Å². The normalized spacial score (nSPS) is 18.2. The van der Waals surface area contributed by atoms with E-state index in [1.54, 1.807) is 24.3 Å². The number of fused-ring (bicyclic) bond motifs is 1. The van der Waals surface area contributed by atoms with E-state index in [4.69, 9.17) is 9.47 Å². The van der Waals surface area contributed by atoms with Crippen molar-refractivity contribution in [1.82, 2.24) is 0 Å². The molecule has 8 heteroatoms. The summed E-state index contributed by atoms with van der Waals surface area (Å²) in [4.78, 5) is 13.1. The number of ether oxygens (including phenoxy) is 2. The molecule has 0 saturated heterocycles. The molecule has 1 amide bonds. The number of thioether (sulfide) groups is 1. The Morgan fingerprint density at radius 3 is 2.43 bits per heavy atom. The average Bonchev–Trinajstić information content (AvgIpc) is 2.86. The summed E-state index contributed by atoms with van der Waals surface area (Å²) in [5, 5.41) is 12.5. The second-order valence-corrected chi connectivity index (χ2v) is 7.76. The number of halogens is 2. The van der Waals surface area contributed by atoms with E-state index in [0.717, 1.165) is 0 Å². The molecule has 4 rings (SSSR count). The van der Waals surface area contributed by atoms with Gasteiger partial charge in [0.15, 0.2) is 11.6 Å². The van der Waals surface area contributed by atoms with Crippen LogP contribution >= 0.6 is 11.8 Å². The number of methoxy groups -OCH3 is 1. The van der Waals surface area contributed by atoms with Crippen molar-refractivity contribution < 1.29 is 28.2 Å². The monoisotopic (exact) mass is 429 g/mol. The standard InChI is InChI=1S/C22H17F2NO4S/c1-28-18-9-2-12(10-16(18)24)21-20(26)22(27)25-17-8-7-15(11-19(17)30-21)29-14-5-3-13(23)4-6-14/h2-11,20-21,26H,1H3,(H,25,27). The van der Waals surface area contributed by atoms with Crippen molar-refractivity contribution in [1.29, 1.82) is 0 Å². The molecule has 2 atom stereocenters. The Hall–Kier alpha value is -3.10. The van der Waals surface area contributed by atoms with Gasteiger partial charge in [0.25, 0.3) is 5.91 Å². The SMILES string of the molecule is COc1ccc(C2Sc3cc(Oc4ccc(F)cc4)ccc3NC(=O)C2O)cc1F. The minimum atomic E-state index is -1.39. The number of hydrogen-bond donors (Lipinski definition) is 2. The zero-order valence-corrected chi connectivity index (χ0v) is 16.6. The van der Waals surface area contributed by atoms with E-state index in [0.29, 0.717) is 27.6 Å². The summed E-state index contributed by atoms with van der Waals surface area (Å²) in [5.41, 5.74) is 0.950. The number of rotatable bonds is 4. The van der Waals surface area contributed by atoms with Crippen LogP contribution in [0.5, 0.6) is 17.2 Å². The maximum atomic E-state index is 14.2. The first-order valence-corrected chi connectivity index (χ1v) is 9.89. The van der Waals surface area contributed by atoms with Gasteiger partial charge in [-0.2, -0.15) is 0 Å². The third kappa shape index (κ3) is 4.10. The highest BCUT2D eigenvalue weighted by Crippen LogP contribution is 2.45. The zero-order valence-electron chi connectivity index (χ0n) is 15.8. The van der Waals surface area contributed by atoms with Gasteiger partial charge in [0.1, 0.15) is 23.4 Å². The largest absolute Gasteiger partial charge is 0.494 e. The molecule has 0 aliphatic carbocycles. The highest BCUT2D eigenvalue weighted by molar-refractivity contribution is 7.99. The van der Waals surface area contributed by atoms with Crippen molar-refractivity contribution in [2.24, 2.45) is 0 Å². The van der Waals surface area contributed by atoms with Gasteiger partial charge in [-0.1, -0.05) is 6.07 Å². The van der Waals surface area contributed by atoms with E-state index in [-0.39, 0.29) is 11.6 Å². The van der Waals surface area contributed by atoms with Crippen LogP contribution in [0, 0.1) is 11.6 Å². The van der Waals surface area contributed by atoms with E-state index < -0.39 is 23.1 Å². The lowest BCUT2D eigenvalue weighted by Gasteiger charge is -2.19. The number of anilines is 1. The van der Waals surface area contributed by atoms with Crippen LogP contribution in [0.4, 0.5) is 14.5 Å². The lowest BCUT2D eigenvalue weighted by Crippen LogP contribution is -2.30. The molecule has 0 aromatic heterocycles. The molecule has 0 bridgehead atoms. The predicted octanol–water partition coefficient (Wildman–Crippen LogP) is 4.91. The van der Waals surface area contributed by atoms with Gasteiger partial charge in [-0.15, -0.1) is 11.8 Å². The molecule has 5 nitrogen and oxygen atoms in total. The van der Waals surface area contributed by atoms with Crippen molar-refractivity contribution in [3.63, 3.8) is 0 Å². The lowest BCUT2D eigenvalue weighted by molar-refractivity contribution is -0.124. The number of aliphatic hydroxyl groups is 1. The van der Waals surface area contributed by atoms with Crippen molar-refractivity contribution in [2.45, 2.75) is 16.2 Å². The van der Waals surface area contributed by atoms with Crippen molar-refractivity contribution in [3.05, 3.63) is 77.9 Å². The summed E-state index contributed by atoms with van der Waals surface area (Å²) in [6.07, 6.45) is -1.39. The molecule has 30 heavy (non-hydrogen) atoms. The molecular weight excluding hydrogens is 412 g/mol. The van der Waals surface area contributed by atoms with Crippen molar-refractivity contribution in [3.8, 4) is 17.2 Å². The maximum Gasteiger partial charge on any atom is 0.254 e. The molecule has 3 aromatic carbocycles. The Morgan fingerprint density at radius 2 is 1.73 bits per heavy atom. The molecule has 154 valence electrons. The Morgan fingerprint density at radius 1 is 1.00 bits per heavy atom. The van der Waals surface area contributed by atoms with E-state index in [1.165, 1.54) is 55.3 Å². The Balaban J connectivity index is 1.66. The van der Waals surface area contributed by atoms with Crippen LogP contribution in [-0.4, -0.2) is 24.2 Å². The minimum absolute atomic E-state index is 0.0756. The average molecular weight is 429 g/mol. The van der Waals surface area contributed by atoms with Crippen LogP contribution in [0.25, 0.3) is 0 Å². The van der Waals surface area contributed by atoms with Gasteiger partial charge in [-0.05, 0) is 60.2 Å². The molecule has 1 aliphatic heterocycles. The summed E-state index contributed by atoms with van der Waals surface area (Å²) in [6, 6.07) is 14.9. The number of aliphatic hydroxyl groups excluding tert-OH is 1. The van der Waals surface area contributed by atoms with Crippen LogP contribution in [-0.2, 0) is 4.79 Å². The van der Waals surface area contributed by atoms with Gasteiger partial charge in [0.2, 0.25) is 0 Å². The number of benzene rings is 3. The molecule has 3 aromatic rings. The van der Waals surface area contributed by atoms with Crippen LogP contribution < -0.4 is 14.8 Å². The summed E-state index contributed by atoms with van der Waals surface area (Å²) in [5.74, 6) is -0.542. The number of hydrogen-bond acceptors (Lipinski definition) is 5. The number of nitrogens with one attached hydrogen (secondary N) is 1. The molecule has 2 N–H and O–H groups in total. The lowest BCUT2D eigenvalue weighted by atomic mass is 10.1. The summed E-state index contributed by atoms with van der Waals surface area (Å²) < 4.78 is 38.0. The molecule has 0 saturated carbocycles. The quantitative estimate of drug-likeness (QED) is 0.617. The third-order valence-corrected chi connectivity index (χ3v) is 5.95. The molecular formula is C22H17F2NO4S. The van der Waals surface area contributed by atoms with Crippen LogP contribution in [0.15, 0.2) is 65.6 Å². The van der Waals surface area contributed by atoms with Crippen molar-refractivity contribution >= 4 is 23.4 Å². The number of carbonyl (C=O) groups is 1. The molecule has 1 aliphatic rings. The summed E-state index contributed by atoms with van der Waals surface area (Å²) in [7, 11) is 1.36. The third-order valence-electron chi connectivity index (χ3n) is 4.57. The van der Waals surface area contributed by atoms with E-state index in [2.05, 4.69) is 5.32 Å². The van der Waals surface area contributed by atoms with Gasteiger partial charge >= 0.3 is 0 Å². The van der Waals surface area contributed by atoms with Crippen LogP contribution in [0.1, 0.15) is 10.8 Å². The molecule has 0 fully saturated rings. The van der Waals surface area contributed by atoms with Gasteiger partial charge in [-0.25, -0.2) is 8.78 Å².